The van der Waals surface area contributed by atoms with Crippen LogP contribution in [0.2, 0.25) is 0 Å². The Morgan fingerprint density at radius 2 is 2.38 bits per heavy atom. The lowest BCUT2D eigenvalue weighted by molar-refractivity contribution is -0.134. The number of β-lactam (4-membered cyclic amide) rings is 1. The van der Waals surface area contributed by atoms with E-state index in [-0.39, 0.29) is 24.0 Å². The summed E-state index contributed by atoms with van der Waals surface area (Å²) in [4.78, 5) is 23.5. The summed E-state index contributed by atoms with van der Waals surface area (Å²) in [5.74, 6) is 0.0889. The van der Waals surface area contributed by atoms with E-state index in [0.717, 1.165) is 0 Å². The average molecular weight is 184 g/mol. The Balaban J connectivity index is 1.85. The van der Waals surface area contributed by atoms with Crippen LogP contribution in [0.5, 0.6) is 0 Å². The number of hydrogen-bond acceptors (Lipinski definition) is 3. The van der Waals surface area contributed by atoms with Crippen LogP contribution in [0.4, 0.5) is 4.79 Å². The summed E-state index contributed by atoms with van der Waals surface area (Å²) in [6.07, 6.45) is -0.270. The van der Waals surface area contributed by atoms with Crippen LogP contribution in [0, 0.1) is 5.92 Å². The second-order valence-corrected chi connectivity index (χ2v) is 3.46. The largest absolute Gasteiger partial charge is 0.448 e. The first-order valence-electron chi connectivity index (χ1n) is 4.40. The van der Waals surface area contributed by atoms with Gasteiger partial charge < -0.3 is 15.0 Å². The molecule has 0 aromatic carbocycles. The van der Waals surface area contributed by atoms with Gasteiger partial charge in [0.25, 0.3) is 0 Å². The average Bonchev–Trinajstić information content (AvgIpc) is 2.51. The highest BCUT2D eigenvalue weighted by molar-refractivity contribution is 5.85. The van der Waals surface area contributed by atoms with Gasteiger partial charge in [0.05, 0.1) is 18.5 Å². The molecular weight excluding hydrogens is 172 g/mol. The van der Waals surface area contributed by atoms with Gasteiger partial charge in [0, 0.05) is 6.54 Å². The van der Waals surface area contributed by atoms with Crippen LogP contribution < -0.4 is 5.32 Å². The molecule has 2 atom stereocenters. The molecule has 2 saturated heterocycles. The summed E-state index contributed by atoms with van der Waals surface area (Å²) in [5.41, 5.74) is 0. The molecular formula is C8H12N2O3. The van der Waals surface area contributed by atoms with Gasteiger partial charge in [-0.1, -0.05) is 6.92 Å². The van der Waals surface area contributed by atoms with E-state index in [1.165, 1.54) is 0 Å². The lowest BCUT2D eigenvalue weighted by atomic mass is 9.92. The molecule has 13 heavy (non-hydrogen) atoms. The summed E-state index contributed by atoms with van der Waals surface area (Å²) < 4.78 is 4.77. The fourth-order valence-corrected chi connectivity index (χ4v) is 1.56. The van der Waals surface area contributed by atoms with Crippen molar-refractivity contribution in [1.29, 1.82) is 0 Å². The summed E-state index contributed by atoms with van der Waals surface area (Å²) in [7, 11) is 0. The molecule has 0 unspecified atom stereocenters. The van der Waals surface area contributed by atoms with Gasteiger partial charge in [0.1, 0.15) is 6.61 Å². The maximum absolute atomic E-state index is 11.0. The number of ether oxygens (including phenoxy) is 1. The number of carbonyl (C=O) groups excluding carboxylic acids is 2. The number of rotatable bonds is 2. The molecule has 0 saturated carbocycles. The number of cyclic esters (lactones) is 1. The molecule has 0 aromatic heterocycles. The molecule has 1 N–H and O–H groups in total. The predicted molar refractivity (Wildman–Crippen MR) is 44.0 cm³/mol. The van der Waals surface area contributed by atoms with Gasteiger partial charge in [-0.3, -0.25) is 4.79 Å². The zero-order chi connectivity index (χ0) is 9.42. The van der Waals surface area contributed by atoms with E-state index < -0.39 is 0 Å². The number of nitrogens with one attached hydrogen (secondary N) is 1. The van der Waals surface area contributed by atoms with Crippen molar-refractivity contribution in [3.63, 3.8) is 0 Å². The number of carbonyl (C=O) groups is 2. The zero-order valence-electron chi connectivity index (χ0n) is 7.45. The molecule has 0 aromatic rings. The fraction of sp³-hybridized carbons (Fsp3) is 0.750. The highest BCUT2D eigenvalue weighted by Gasteiger charge is 2.38. The maximum atomic E-state index is 11.0. The monoisotopic (exact) mass is 184 g/mol. The van der Waals surface area contributed by atoms with Gasteiger partial charge in [-0.05, 0) is 0 Å². The molecule has 2 rings (SSSR count). The van der Waals surface area contributed by atoms with Crippen LogP contribution in [-0.2, 0) is 9.53 Å². The van der Waals surface area contributed by atoms with Crippen molar-refractivity contribution in [3.05, 3.63) is 0 Å². The Morgan fingerprint density at radius 3 is 2.85 bits per heavy atom. The summed E-state index contributed by atoms with van der Waals surface area (Å²) >= 11 is 0. The van der Waals surface area contributed by atoms with E-state index in [0.29, 0.717) is 19.7 Å². The van der Waals surface area contributed by atoms with E-state index in [2.05, 4.69) is 5.32 Å². The molecule has 0 bridgehead atoms. The van der Waals surface area contributed by atoms with Crippen molar-refractivity contribution in [3.8, 4) is 0 Å². The third-order valence-electron chi connectivity index (χ3n) is 2.61. The first kappa shape index (κ1) is 8.34. The van der Waals surface area contributed by atoms with E-state index in [1.807, 2.05) is 6.92 Å². The van der Waals surface area contributed by atoms with E-state index >= 15 is 0 Å². The van der Waals surface area contributed by atoms with Crippen molar-refractivity contribution < 1.29 is 14.3 Å². The molecule has 0 aliphatic carbocycles. The zero-order valence-corrected chi connectivity index (χ0v) is 7.45. The van der Waals surface area contributed by atoms with Crippen LogP contribution in [0.15, 0.2) is 0 Å². The molecule has 2 fully saturated rings. The lowest BCUT2D eigenvalue weighted by Gasteiger charge is -2.36. The molecule has 2 heterocycles. The molecule has 2 aliphatic heterocycles. The van der Waals surface area contributed by atoms with Crippen molar-refractivity contribution >= 4 is 12.0 Å². The van der Waals surface area contributed by atoms with Crippen LogP contribution in [-0.4, -0.2) is 42.6 Å². The third kappa shape index (κ3) is 1.34. The minimum absolute atomic E-state index is 0.0217. The van der Waals surface area contributed by atoms with Crippen molar-refractivity contribution in [1.82, 2.24) is 10.2 Å². The minimum atomic E-state index is -0.270. The molecule has 72 valence electrons. The quantitative estimate of drug-likeness (QED) is 0.592. The van der Waals surface area contributed by atoms with Gasteiger partial charge in [-0.25, -0.2) is 4.79 Å². The maximum Gasteiger partial charge on any atom is 0.410 e. The smallest absolute Gasteiger partial charge is 0.410 e. The fourth-order valence-electron chi connectivity index (χ4n) is 1.56. The predicted octanol–water partition coefficient (Wildman–Crippen LogP) is -0.427. The van der Waals surface area contributed by atoms with E-state index in [9.17, 15) is 9.59 Å². The number of amides is 2. The SMILES string of the molecule is C[C@@H]1C(=O)N[C@@H]1CN1CCOC1=O. The van der Waals surface area contributed by atoms with Gasteiger partial charge in [-0.2, -0.15) is 0 Å². The highest BCUT2D eigenvalue weighted by atomic mass is 16.6. The minimum Gasteiger partial charge on any atom is -0.448 e. The van der Waals surface area contributed by atoms with Crippen LogP contribution in [0.3, 0.4) is 0 Å². The van der Waals surface area contributed by atoms with Gasteiger partial charge in [0.15, 0.2) is 0 Å². The summed E-state index contributed by atoms with van der Waals surface area (Å²) in [6.45, 7) is 3.54. The molecule has 0 spiro atoms. The second-order valence-electron chi connectivity index (χ2n) is 3.46. The van der Waals surface area contributed by atoms with Crippen molar-refractivity contribution in [2.24, 2.45) is 5.92 Å². The topological polar surface area (TPSA) is 58.6 Å². The summed E-state index contributed by atoms with van der Waals surface area (Å²) in [6, 6.07) is 0.109. The Kier molecular flexibility index (Phi) is 1.86. The second kappa shape index (κ2) is 2.90. The molecule has 0 radical (unpaired) electrons. The van der Waals surface area contributed by atoms with Crippen LogP contribution >= 0.6 is 0 Å². The van der Waals surface area contributed by atoms with Crippen LogP contribution in [0.1, 0.15) is 6.92 Å². The molecule has 5 nitrogen and oxygen atoms in total. The molecule has 2 amide bonds. The molecule has 5 heteroatoms. The highest BCUT2D eigenvalue weighted by Crippen LogP contribution is 2.16. The first-order chi connectivity index (χ1) is 6.18. The Labute approximate surface area is 76.0 Å². The normalized spacial score (nSPS) is 32.5. The van der Waals surface area contributed by atoms with Crippen LogP contribution in [0.25, 0.3) is 0 Å². The summed E-state index contributed by atoms with van der Waals surface area (Å²) in [5, 5.41) is 2.75. The van der Waals surface area contributed by atoms with Gasteiger partial charge in [0.2, 0.25) is 5.91 Å². The molecule has 2 aliphatic rings. The van der Waals surface area contributed by atoms with Gasteiger partial charge in [-0.15, -0.1) is 0 Å². The standard InChI is InChI=1S/C8H12N2O3/c1-5-6(9-7(5)11)4-10-2-3-13-8(10)12/h5-6H,2-4H2,1H3,(H,9,11)/t5-,6+/m0/s1. The van der Waals surface area contributed by atoms with E-state index in [4.69, 9.17) is 4.74 Å². The Morgan fingerprint density at radius 1 is 1.62 bits per heavy atom. The van der Waals surface area contributed by atoms with E-state index in [1.54, 1.807) is 4.90 Å². The lowest BCUT2D eigenvalue weighted by Crippen LogP contribution is -2.61. The van der Waals surface area contributed by atoms with Crippen molar-refractivity contribution in [2.75, 3.05) is 19.7 Å². The Bertz CT molecular complexity index is 254. The van der Waals surface area contributed by atoms with Gasteiger partial charge >= 0.3 is 6.09 Å². The Hall–Kier alpha value is -1.26. The number of nitrogens with zero attached hydrogens (tertiary/aromatic N) is 1. The van der Waals surface area contributed by atoms with Crippen molar-refractivity contribution in [2.45, 2.75) is 13.0 Å². The number of hydrogen-bond donors (Lipinski definition) is 1. The third-order valence-corrected chi connectivity index (χ3v) is 2.61. The first-order valence-corrected chi connectivity index (χ1v) is 4.40.